The first-order valence-electron chi connectivity index (χ1n) is 7.09. The van der Waals surface area contributed by atoms with Gasteiger partial charge in [0.1, 0.15) is 0 Å². The standard InChI is InChI=1S/C13H22N6/c14-17-13-8-15-11(7-16-13)9-18-5-6-19-4-2-1-3-12(19)10-18/h7-8,12H,1-6,9-10,14H2,(H,16,17). The number of nitrogens with one attached hydrogen (secondary N) is 1. The second-order valence-corrected chi connectivity index (χ2v) is 5.46. The van der Waals surface area contributed by atoms with Gasteiger partial charge in [-0.05, 0) is 19.4 Å². The van der Waals surface area contributed by atoms with E-state index in [4.69, 9.17) is 5.84 Å². The lowest BCUT2D eigenvalue weighted by atomic mass is 9.99. The average Bonchev–Trinajstić information content (AvgIpc) is 2.48. The van der Waals surface area contributed by atoms with Crippen LogP contribution in [0.2, 0.25) is 0 Å². The lowest BCUT2D eigenvalue weighted by Crippen LogP contribution is -2.54. The fraction of sp³-hybridized carbons (Fsp3) is 0.692. The van der Waals surface area contributed by atoms with E-state index >= 15 is 0 Å². The molecule has 19 heavy (non-hydrogen) atoms. The number of rotatable bonds is 3. The molecule has 3 heterocycles. The van der Waals surface area contributed by atoms with Gasteiger partial charge in [-0.2, -0.15) is 0 Å². The van der Waals surface area contributed by atoms with Gasteiger partial charge < -0.3 is 5.43 Å². The summed E-state index contributed by atoms with van der Waals surface area (Å²) in [5.41, 5.74) is 3.52. The summed E-state index contributed by atoms with van der Waals surface area (Å²) >= 11 is 0. The normalized spacial score (nSPS) is 25.0. The number of piperidine rings is 1. The van der Waals surface area contributed by atoms with Crippen molar-refractivity contribution in [3.63, 3.8) is 0 Å². The molecule has 2 saturated heterocycles. The summed E-state index contributed by atoms with van der Waals surface area (Å²) < 4.78 is 0. The zero-order chi connectivity index (χ0) is 13.1. The molecule has 0 saturated carbocycles. The largest absolute Gasteiger partial charge is 0.307 e. The van der Waals surface area contributed by atoms with Gasteiger partial charge in [-0.1, -0.05) is 6.42 Å². The molecule has 0 radical (unpaired) electrons. The number of hydrazine groups is 1. The second-order valence-electron chi connectivity index (χ2n) is 5.46. The highest BCUT2D eigenvalue weighted by atomic mass is 15.3. The quantitative estimate of drug-likeness (QED) is 0.608. The van der Waals surface area contributed by atoms with Gasteiger partial charge >= 0.3 is 0 Å². The van der Waals surface area contributed by atoms with Gasteiger partial charge in [0.05, 0.1) is 18.1 Å². The number of aromatic nitrogens is 2. The molecule has 0 bridgehead atoms. The zero-order valence-electron chi connectivity index (χ0n) is 11.3. The summed E-state index contributed by atoms with van der Waals surface area (Å²) in [6.07, 6.45) is 7.59. The van der Waals surface area contributed by atoms with Crippen LogP contribution in [0.3, 0.4) is 0 Å². The Morgan fingerprint density at radius 2 is 2.16 bits per heavy atom. The molecule has 6 heteroatoms. The molecule has 0 aliphatic carbocycles. The summed E-state index contributed by atoms with van der Waals surface area (Å²) in [5, 5.41) is 0. The van der Waals surface area contributed by atoms with Crippen molar-refractivity contribution in [2.45, 2.75) is 31.8 Å². The molecule has 0 aromatic carbocycles. The first kappa shape index (κ1) is 12.8. The minimum Gasteiger partial charge on any atom is -0.307 e. The van der Waals surface area contributed by atoms with Crippen LogP contribution in [0.1, 0.15) is 25.0 Å². The Morgan fingerprint density at radius 3 is 2.95 bits per heavy atom. The molecule has 2 aliphatic heterocycles. The highest BCUT2D eigenvalue weighted by Gasteiger charge is 2.28. The van der Waals surface area contributed by atoms with E-state index in [1.807, 2.05) is 6.20 Å². The molecular weight excluding hydrogens is 240 g/mol. The maximum absolute atomic E-state index is 5.29. The monoisotopic (exact) mass is 262 g/mol. The predicted molar refractivity (Wildman–Crippen MR) is 74.3 cm³/mol. The van der Waals surface area contributed by atoms with E-state index in [1.165, 1.54) is 38.9 Å². The predicted octanol–water partition coefficient (Wildman–Crippen LogP) is 0.432. The van der Waals surface area contributed by atoms with Crippen LogP contribution in [-0.4, -0.2) is 52.0 Å². The molecule has 6 nitrogen and oxygen atoms in total. The molecule has 2 aliphatic rings. The Labute approximate surface area is 114 Å². The molecule has 104 valence electrons. The summed E-state index contributed by atoms with van der Waals surface area (Å²) in [6.45, 7) is 5.67. The van der Waals surface area contributed by atoms with Gasteiger partial charge in [-0.3, -0.25) is 14.8 Å². The number of fused-ring (bicyclic) bond motifs is 1. The topological polar surface area (TPSA) is 70.3 Å². The van der Waals surface area contributed by atoms with Crippen molar-refractivity contribution in [1.82, 2.24) is 19.8 Å². The number of anilines is 1. The summed E-state index contributed by atoms with van der Waals surface area (Å²) in [6, 6.07) is 0.750. The molecule has 3 rings (SSSR count). The van der Waals surface area contributed by atoms with E-state index in [2.05, 4.69) is 25.2 Å². The third-order valence-electron chi connectivity index (χ3n) is 4.16. The van der Waals surface area contributed by atoms with Crippen molar-refractivity contribution < 1.29 is 0 Å². The molecule has 1 aromatic heterocycles. The first-order chi connectivity index (χ1) is 9.35. The van der Waals surface area contributed by atoms with Gasteiger partial charge in [0.15, 0.2) is 5.82 Å². The van der Waals surface area contributed by atoms with Crippen molar-refractivity contribution in [3.8, 4) is 0 Å². The molecule has 1 atom stereocenters. The molecule has 0 amide bonds. The smallest absolute Gasteiger partial charge is 0.158 e. The highest BCUT2D eigenvalue weighted by molar-refractivity contribution is 5.28. The molecule has 1 unspecified atom stereocenters. The Bertz CT molecular complexity index is 406. The number of nitrogen functional groups attached to an aromatic ring is 1. The molecule has 0 spiro atoms. The van der Waals surface area contributed by atoms with Crippen LogP contribution >= 0.6 is 0 Å². The third kappa shape index (κ3) is 3.02. The van der Waals surface area contributed by atoms with Gasteiger partial charge in [0, 0.05) is 32.2 Å². The van der Waals surface area contributed by atoms with Gasteiger partial charge in [0.2, 0.25) is 0 Å². The van der Waals surface area contributed by atoms with Crippen LogP contribution < -0.4 is 11.3 Å². The van der Waals surface area contributed by atoms with E-state index in [1.54, 1.807) is 6.20 Å². The Balaban J connectivity index is 1.57. The van der Waals surface area contributed by atoms with Crippen LogP contribution in [0.4, 0.5) is 5.82 Å². The van der Waals surface area contributed by atoms with Crippen molar-refractivity contribution in [2.24, 2.45) is 5.84 Å². The van der Waals surface area contributed by atoms with E-state index in [0.29, 0.717) is 5.82 Å². The van der Waals surface area contributed by atoms with Gasteiger partial charge in [-0.15, -0.1) is 0 Å². The van der Waals surface area contributed by atoms with E-state index in [-0.39, 0.29) is 0 Å². The maximum Gasteiger partial charge on any atom is 0.158 e. The third-order valence-corrected chi connectivity index (χ3v) is 4.16. The minimum atomic E-state index is 0.612. The summed E-state index contributed by atoms with van der Waals surface area (Å²) in [4.78, 5) is 13.7. The van der Waals surface area contributed by atoms with Crippen LogP contribution in [0, 0.1) is 0 Å². The number of nitrogens with zero attached hydrogens (tertiary/aromatic N) is 4. The van der Waals surface area contributed by atoms with Crippen molar-refractivity contribution in [1.29, 1.82) is 0 Å². The lowest BCUT2D eigenvalue weighted by Gasteiger charge is -2.43. The summed E-state index contributed by atoms with van der Waals surface area (Å²) in [5.74, 6) is 5.90. The molecular formula is C13H22N6. The van der Waals surface area contributed by atoms with Crippen molar-refractivity contribution >= 4 is 5.82 Å². The Morgan fingerprint density at radius 1 is 1.21 bits per heavy atom. The maximum atomic E-state index is 5.29. The van der Waals surface area contributed by atoms with Crippen molar-refractivity contribution in [2.75, 3.05) is 31.6 Å². The minimum absolute atomic E-state index is 0.612. The van der Waals surface area contributed by atoms with Gasteiger partial charge in [-0.25, -0.2) is 10.8 Å². The Kier molecular flexibility index (Phi) is 3.91. The van der Waals surface area contributed by atoms with Crippen LogP contribution in [0.25, 0.3) is 0 Å². The van der Waals surface area contributed by atoms with Crippen LogP contribution in [0.15, 0.2) is 12.4 Å². The molecule has 2 fully saturated rings. The Hall–Kier alpha value is -1.24. The second kappa shape index (κ2) is 5.81. The number of nitrogens with two attached hydrogens (primary N) is 1. The zero-order valence-corrected chi connectivity index (χ0v) is 11.3. The van der Waals surface area contributed by atoms with Gasteiger partial charge in [0.25, 0.3) is 0 Å². The summed E-state index contributed by atoms with van der Waals surface area (Å²) in [7, 11) is 0. The molecule has 3 N–H and O–H groups in total. The number of piperazine rings is 1. The number of hydrogen-bond acceptors (Lipinski definition) is 6. The highest BCUT2D eigenvalue weighted by Crippen LogP contribution is 2.21. The van der Waals surface area contributed by atoms with Crippen LogP contribution in [-0.2, 0) is 6.54 Å². The fourth-order valence-corrected chi connectivity index (χ4v) is 3.10. The SMILES string of the molecule is NNc1cnc(CN2CCN3CCCCC3C2)cn1. The first-order valence-corrected chi connectivity index (χ1v) is 7.09. The molecule has 1 aromatic rings. The van der Waals surface area contributed by atoms with E-state index < -0.39 is 0 Å². The van der Waals surface area contributed by atoms with E-state index in [0.717, 1.165) is 24.8 Å². The lowest BCUT2D eigenvalue weighted by molar-refractivity contribution is 0.0451. The van der Waals surface area contributed by atoms with E-state index in [9.17, 15) is 0 Å². The number of hydrogen-bond donors (Lipinski definition) is 2. The van der Waals surface area contributed by atoms with Crippen molar-refractivity contribution in [3.05, 3.63) is 18.1 Å². The average molecular weight is 262 g/mol. The van der Waals surface area contributed by atoms with Crippen LogP contribution in [0.5, 0.6) is 0 Å². The fourth-order valence-electron chi connectivity index (χ4n) is 3.10.